The number of carboxylic acids is 1. The van der Waals surface area contributed by atoms with Gasteiger partial charge in [-0.15, -0.1) is 0 Å². The third kappa shape index (κ3) is 10.7. The molecule has 0 aromatic rings. The van der Waals surface area contributed by atoms with Gasteiger partial charge in [0.2, 0.25) is 5.78 Å². The molecule has 1 rings (SSSR count). The van der Waals surface area contributed by atoms with Gasteiger partial charge in [0, 0.05) is 31.6 Å². The Morgan fingerprint density at radius 1 is 0.935 bits per heavy atom. The molecule has 1 saturated carbocycles. The van der Waals surface area contributed by atoms with Crippen LogP contribution in [0.1, 0.15) is 110 Å². The van der Waals surface area contributed by atoms with E-state index in [0.29, 0.717) is 25.7 Å². The number of aliphatic hydroxyl groups is 1. The number of ketones is 2. The molecule has 3 unspecified atom stereocenters. The third-order valence-electron chi connectivity index (χ3n) is 6.45. The first-order valence-corrected chi connectivity index (χ1v) is 12.0. The fraction of sp³-hybridized carbons (Fsp3) is 0.875. The van der Waals surface area contributed by atoms with Crippen LogP contribution in [0.15, 0.2) is 0 Å². The van der Waals surface area contributed by atoms with E-state index in [9.17, 15) is 28.3 Å². The lowest BCUT2D eigenvalue weighted by Gasteiger charge is -2.22. The van der Waals surface area contributed by atoms with Crippen LogP contribution in [0.4, 0.5) is 8.78 Å². The van der Waals surface area contributed by atoms with E-state index < -0.39 is 36.1 Å². The molecular weight excluding hydrogens is 406 g/mol. The fourth-order valence-electron chi connectivity index (χ4n) is 4.53. The van der Waals surface area contributed by atoms with Gasteiger partial charge in [0.05, 0.1) is 6.10 Å². The molecule has 180 valence electrons. The normalized spacial score (nSPS) is 21.5. The van der Waals surface area contributed by atoms with E-state index in [4.69, 9.17) is 5.11 Å². The number of Topliss-reactive ketones (excluding diaryl/α,β-unsaturated/α-hetero) is 2. The van der Waals surface area contributed by atoms with Crippen LogP contribution in [0.2, 0.25) is 0 Å². The number of halogens is 2. The molecular formula is C24H40F2O5. The minimum absolute atomic E-state index is 0.0299. The molecule has 0 aromatic heterocycles. The summed E-state index contributed by atoms with van der Waals surface area (Å²) in [6.07, 6.45) is 7.41. The smallest absolute Gasteiger partial charge is 0.305 e. The number of hydrogen-bond donors (Lipinski definition) is 2. The van der Waals surface area contributed by atoms with Crippen LogP contribution in [0, 0.1) is 11.8 Å². The molecule has 7 heteroatoms. The molecule has 0 heterocycles. The van der Waals surface area contributed by atoms with Crippen LogP contribution < -0.4 is 0 Å². The van der Waals surface area contributed by atoms with Crippen molar-refractivity contribution < 1.29 is 33.4 Å². The predicted octanol–water partition coefficient (Wildman–Crippen LogP) is 5.71. The minimum atomic E-state index is -3.32. The monoisotopic (exact) mass is 446 g/mol. The van der Waals surface area contributed by atoms with Crippen molar-refractivity contribution >= 4 is 17.5 Å². The Morgan fingerprint density at radius 3 is 2.19 bits per heavy atom. The van der Waals surface area contributed by atoms with Crippen LogP contribution >= 0.6 is 0 Å². The Hall–Kier alpha value is -1.37. The van der Waals surface area contributed by atoms with Crippen molar-refractivity contribution in [1.29, 1.82) is 0 Å². The van der Waals surface area contributed by atoms with Gasteiger partial charge in [-0.3, -0.25) is 14.4 Å². The molecule has 1 aliphatic rings. The Balaban J connectivity index is 2.36. The Bertz CT molecular complexity index is 564. The number of unbranched alkanes of at least 4 members (excludes halogenated alkanes) is 8. The van der Waals surface area contributed by atoms with E-state index in [-0.39, 0.29) is 37.4 Å². The molecule has 0 amide bonds. The first-order valence-electron chi connectivity index (χ1n) is 12.0. The lowest BCUT2D eigenvalue weighted by molar-refractivity contribution is -0.144. The summed E-state index contributed by atoms with van der Waals surface area (Å²) in [7, 11) is 0. The summed E-state index contributed by atoms with van der Waals surface area (Å²) in [5.74, 6) is -5.97. The van der Waals surface area contributed by atoms with Crippen molar-refractivity contribution in [3.05, 3.63) is 0 Å². The SMILES string of the molecule is CCCCCCC(F)(F)C(=O)CCC1C(O)CC(=O)C1CCCCCCCCC(=O)O. The highest BCUT2D eigenvalue weighted by atomic mass is 19.3. The van der Waals surface area contributed by atoms with Gasteiger partial charge in [-0.2, -0.15) is 8.78 Å². The Labute approximate surface area is 185 Å². The molecule has 0 saturated heterocycles. The second-order valence-electron chi connectivity index (χ2n) is 9.04. The zero-order chi connectivity index (χ0) is 23.3. The predicted molar refractivity (Wildman–Crippen MR) is 115 cm³/mol. The summed E-state index contributed by atoms with van der Waals surface area (Å²) < 4.78 is 28.2. The quantitative estimate of drug-likeness (QED) is 0.263. The summed E-state index contributed by atoms with van der Waals surface area (Å²) in [6, 6.07) is 0. The van der Waals surface area contributed by atoms with Gasteiger partial charge in [0.1, 0.15) is 5.78 Å². The van der Waals surface area contributed by atoms with Crippen molar-refractivity contribution in [2.75, 3.05) is 0 Å². The zero-order valence-corrected chi connectivity index (χ0v) is 18.9. The van der Waals surface area contributed by atoms with E-state index in [1.165, 1.54) is 0 Å². The van der Waals surface area contributed by atoms with Gasteiger partial charge in [0.15, 0.2) is 0 Å². The van der Waals surface area contributed by atoms with Gasteiger partial charge in [-0.1, -0.05) is 58.3 Å². The van der Waals surface area contributed by atoms with Crippen LogP contribution in [0.5, 0.6) is 0 Å². The van der Waals surface area contributed by atoms with Gasteiger partial charge in [-0.05, 0) is 31.6 Å². The largest absolute Gasteiger partial charge is 0.481 e. The van der Waals surface area contributed by atoms with Gasteiger partial charge in [0.25, 0.3) is 0 Å². The van der Waals surface area contributed by atoms with E-state index >= 15 is 0 Å². The maximum atomic E-state index is 14.1. The molecule has 0 aliphatic heterocycles. The average molecular weight is 447 g/mol. The van der Waals surface area contributed by atoms with Crippen molar-refractivity contribution in [3.8, 4) is 0 Å². The van der Waals surface area contributed by atoms with Gasteiger partial charge in [-0.25, -0.2) is 0 Å². The highest BCUT2D eigenvalue weighted by molar-refractivity contribution is 5.86. The highest BCUT2D eigenvalue weighted by Crippen LogP contribution is 2.37. The molecule has 3 atom stereocenters. The molecule has 0 bridgehead atoms. The number of rotatable bonds is 18. The Kier molecular flexibility index (Phi) is 13.1. The highest BCUT2D eigenvalue weighted by Gasteiger charge is 2.43. The molecule has 1 aliphatic carbocycles. The maximum absolute atomic E-state index is 14.1. The second kappa shape index (κ2) is 14.6. The summed E-state index contributed by atoms with van der Waals surface area (Å²) in [6.45, 7) is 2.00. The number of hydrogen-bond acceptors (Lipinski definition) is 4. The van der Waals surface area contributed by atoms with Crippen molar-refractivity contribution in [1.82, 2.24) is 0 Å². The standard InChI is InChI=1S/C24H40F2O5/c1-2-3-4-11-16-24(25,26)22(29)15-14-19-18(20(27)17-21(19)28)12-9-7-5-6-8-10-13-23(30)31/h18-19,21,28H,2-17H2,1H3,(H,30,31). The van der Waals surface area contributed by atoms with E-state index in [1.807, 2.05) is 6.92 Å². The van der Waals surface area contributed by atoms with Crippen molar-refractivity contribution in [2.45, 2.75) is 122 Å². The zero-order valence-electron chi connectivity index (χ0n) is 18.9. The summed E-state index contributed by atoms with van der Waals surface area (Å²) in [4.78, 5) is 34.8. The van der Waals surface area contributed by atoms with E-state index in [2.05, 4.69) is 0 Å². The Morgan fingerprint density at radius 2 is 1.55 bits per heavy atom. The number of carbonyl (C=O) groups excluding carboxylic acids is 2. The summed E-state index contributed by atoms with van der Waals surface area (Å²) >= 11 is 0. The third-order valence-corrected chi connectivity index (χ3v) is 6.45. The number of carbonyl (C=O) groups is 3. The summed E-state index contributed by atoms with van der Waals surface area (Å²) in [5, 5.41) is 18.8. The van der Waals surface area contributed by atoms with Crippen molar-refractivity contribution in [3.63, 3.8) is 0 Å². The molecule has 0 spiro atoms. The van der Waals surface area contributed by atoms with Crippen LogP contribution in [-0.4, -0.2) is 39.8 Å². The van der Waals surface area contributed by atoms with E-state index in [0.717, 1.165) is 44.9 Å². The number of aliphatic carboxylic acids is 1. The van der Waals surface area contributed by atoms with E-state index in [1.54, 1.807) is 0 Å². The second-order valence-corrected chi connectivity index (χ2v) is 9.04. The van der Waals surface area contributed by atoms with Crippen LogP contribution in [-0.2, 0) is 14.4 Å². The molecule has 0 aromatic carbocycles. The van der Waals surface area contributed by atoms with Gasteiger partial charge >= 0.3 is 11.9 Å². The number of alkyl halides is 2. The van der Waals surface area contributed by atoms with Crippen LogP contribution in [0.25, 0.3) is 0 Å². The number of carboxylic acid groups (broad SMARTS) is 1. The molecule has 2 N–H and O–H groups in total. The molecule has 31 heavy (non-hydrogen) atoms. The first-order chi connectivity index (χ1) is 14.7. The minimum Gasteiger partial charge on any atom is -0.481 e. The van der Waals surface area contributed by atoms with Crippen LogP contribution in [0.3, 0.4) is 0 Å². The first kappa shape index (κ1) is 27.7. The molecule has 0 radical (unpaired) electrons. The lowest BCUT2D eigenvalue weighted by atomic mass is 9.85. The van der Waals surface area contributed by atoms with Gasteiger partial charge < -0.3 is 10.2 Å². The summed E-state index contributed by atoms with van der Waals surface area (Å²) in [5.41, 5.74) is 0. The number of aliphatic hydroxyl groups excluding tert-OH is 1. The topological polar surface area (TPSA) is 91.7 Å². The van der Waals surface area contributed by atoms with Crippen molar-refractivity contribution in [2.24, 2.45) is 11.8 Å². The fourth-order valence-corrected chi connectivity index (χ4v) is 4.53. The maximum Gasteiger partial charge on any atom is 0.305 e. The average Bonchev–Trinajstić information content (AvgIpc) is 2.97. The lowest BCUT2D eigenvalue weighted by Crippen LogP contribution is -2.30. The molecule has 1 fully saturated rings. The molecule has 5 nitrogen and oxygen atoms in total.